The van der Waals surface area contributed by atoms with Gasteiger partial charge in [-0.25, -0.2) is 4.79 Å². The number of carboxylic acids is 1. The molecule has 1 fully saturated rings. The van der Waals surface area contributed by atoms with Crippen LogP contribution in [0, 0.1) is 12.8 Å². The van der Waals surface area contributed by atoms with Crippen molar-refractivity contribution >= 4 is 23.5 Å². The predicted molar refractivity (Wildman–Crippen MR) is 95.7 cm³/mol. The van der Waals surface area contributed by atoms with Gasteiger partial charge in [0.2, 0.25) is 11.8 Å². The van der Waals surface area contributed by atoms with Gasteiger partial charge in [-0.15, -0.1) is 0 Å². The van der Waals surface area contributed by atoms with Crippen LogP contribution in [-0.2, 0) is 16.1 Å². The van der Waals surface area contributed by atoms with Crippen LogP contribution in [0.2, 0.25) is 0 Å². The number of para-hydroxylation sites is 2. The van der Waals surface area contributed by atoms with Crippen molar-refractivity contribution in [3.05, 3.63) is 47.4 Å². The number of hydrogen-bond acceptors (Lipinski definition) is 5. The molecule has 0 unspecified atom stereocenters. The summed E-state index contributed by atoms with van der Waals surface area (Å²) in [4.78, 5) is 37.4. The fourth-order valence-corrected chi connectivity index (χ4v) is 3.13. The van der Waals surface area contributed by atoms with Crippen LogP contribution in [0.3, 0.4) is 0 Å². The largest absolute Gasteiger partial charge is 0.495 e. The monoisotopic (exact) mass is 372 g/mol. The van der Waals surface area contributed by atoms with Gasteiger partial charge in [-0.05, 0) is 25.1 Å². The molecule has 142 valence electrons. The molecular formula is C19H20N2O6. The molecule has 8 heteroatoms. The summed E-state index contributed by atoms with van der Waals surface area (Å²) in [5.41, 5.74) is 0.700. The van der Waals surface area contributed by atoms with E-state index in [1.54, 1.807) is 30.0 Å². The molecule has 1 aromatic heterocycles. The van der Waals surface area contributed by atoms with E-state index in [9.17, 15) is 14.4 Å². The van der Waals surface area contributed by atoms with Gasteiger partial charge in [-0.2, -0.15) is 0 Å². The van der Waals surface area contributed by atoms with Crippen molar-refractivity contribution in [2.45, 2.75) is 19.9 Å². The van der Waals surface area contributed by atoms with Crippen molar-refractivity contribution < 1.29 is 28.6 Å². The maximum absolute atomic E-state index is 12.4. The van der Waals surface area contributed by atoms with Gasteiger partial charge in [0.05, 0.1) is 25.3 Å². The smallest absolute Gasteiger partial charge is 0.339 e. The number of carbonyl (C=O) groups excluding carboxylic acids is 2. The Hall–Kier alpha value is -3.29. The molecule has 27 heavy (non-hydrogen) atoms. The van der Waals surface area contributed by atoms with E-state index in [2.05, 4.69) is 5.32 Å². The van der Waals surface area contributed by atoms with Crippen LogP contribution in [0.1, 0.15) is 28.3 Å². The molecule has 0 bridgehead atoms. The molecule has 1 aliphatic heterocycles. The molecule has 2 heterocycles. The van der Waals surface area contributed by atoms with E-state index in [-0.39, 0.29) is 42.6 Å². The minimum absolute atomic E-state index is 0.0618. The number of carboxylic acid groups (broad SMARTS) is 1. The first kappa shape index (κ1) is 18.5. The maximum Gasteiger partial charge on any atom is 0.339 e. The zero-order chi connectivity index (χ0) is 19.6. The first-order chi connectivity index (χ1) is 12.9. The lowest BCUT2D eigenvalue weighted by Gasteiger charge is -2.19. The first-order valence-electron chi connectivity index (χ1n) is 8.44. The number of nitrogens with one attached hydrogen (secondary N) is 1. The van der Waals surface area contributed by atoms with Crippen LogP contribution in [0.15, 0.2) is 34.7 Å². The molecule has 3 rings (SSSR count). The average molecular weight is 372 g/mol. The molecule has 0 spiro atoms. The van der Waals surface area contributed by atoms with Crippen molar-refractivity contribution in [1.82, 2.24) is 5.32 Å². The van der Waals surface area contributed by atoms with Crippen molar-refractivity contribution in [2.75, 3.05) is 18.6 Å². The fraction of sp³-hybridized carbons (Fsp3) is 0.316. The summed E-state index contributed by atoms with van der Waals surface area (Å²) in [6.07, 6.45) is 0.0987. The van der Waals surface area contributed by atoms with E-state index >= 15 is 0 Å². The lowest BCUT2D eigenvalue weighted by Crippen LogP contribution is -2.32. The topological polar surface area (TPSA) is 109 Å². The molecular weight excluding hydrogens is 352 g/mol. The second-order valence-corrected chi connectivity index (χ2v) is 6.28. The summed E-state index contributed by atoms with van der Waals surface area (Å²) in [7, 11) is 1.53. The Kier molecular flexibility index (Phi) is 5.16. The zero-order valence-electron chi connectivity index (χ0n) is 15.0. The van der Waals surface area contributed by atoms with E-state index in [0.29, 0.717) is 17.2 Å². The lowest BCUT2D eigenvalue weighted by atomic mass is 10.1. The summed E-state index contributed by atoms with van der Waals surface area (Å²) in [5, 5.41) is 11.7. The van der Waals surface area contributed by atoms with E-state index in [1.807, 2.05) is 6.07 Å². The highest BCUT2D eigenvalue weighted by atomic mass is 16.5. The number of benzene rings is 1. The number of hydrogen-bond donors (Lipinski definition) is 2. The van der Waals surface area contributed by atoms with Crippen LogP contribution >= 0.6 is 0 Å². The van der Waals surface area contributed by atoms with Gasteiger partial charge >= 0.3 is 5.97 Å². The molecule has 1 aliphatic rings. The molecule has 2 amide bonds. The Labute approximate surface area is 155 Å². The number of aryl methyl sites for hydroxylation is 1. The molecule has 1 saturated heterocycles. The standard InChI is InChI=1S/C19H20N2O6/c1-11-14(19(24)25)8-13(27-11)9-20-18(23)12-7-17(22)21(10-12)15-5-3-4-6-16(15)26-2/h3-6,8,12H,7,9-10H2,1-2H3,(H,20,23)(H,24,25)/t12-/m1/s1. The van der Waals surface area contributed by atoms with Crippen molar-refractivity contribution in [3.8, 4) is 5.75 Å². The van der Waals surface area contributed by atoms with E-state index in [1.165, 1.54) is 13.2 Å². The van der Waals surface area contributed by atoms with Crippen molar-refractivity contribution in [3.63, 3.8) is 0 Å². The molecule has 1 atom stereocenters. The molecule has 2 aromatic rings. The van der Waals surface area contributed by atoms with Crippen LogP contribution in [0.5, 0.6) is 5.75 Å². The third kappa shape index (κ3) is 3.79. The number of ether oxygens (including phenoxy) is 1. The number of amides is 2. The molecule has 0 aliphatic carbocycles. The Morgan fingerprint density at radius 1 is 1.37 bits per heavy atom. The molecule has 8 nitrogen and oxygen atoms in total. The van der Waals surface area contributed by atoms with Gasteiger partial charge < -0.3 is 24.5 Å². The molecule has 0 radical (unpaired) electrons. The maximum atomic E-state index is 12.4. The highest BCUT2D eigenvalue weighted by molar-refractivity contribution is 6.01. The minimum Gasteiger partial charge on any atom is -0.495 e. The number of rotatable bonds is 6. The summed E-state index contributed by atoms with van der Waals surface area (Å²) in [5.74, 6) is -0.818. The van der Waals surface area contributed by atoms with E-state index < -0.39 is 11.9 Å². The van der Waals surface area contributed by atoms with Crippen LogP contribution in [-0.4, -0.2) is 36.5 Å². The second-order valence-electron chi connectivity index (χ2n) is 6.28. The van der Waals surface area contributed by atoms with Gasteiger partial charge in [0.1, 0.15) is 22.8 Å². The molecule has 1 aromatic carbocycles. The third-order valence-electron chi connectivity index (χ3n) is 4.51. The summed E-state index contributed by atoms with van der Waals surface area (Å²) < 4.78 is 10.6. The number of furan rings is 1. The van der Waals surface area contributed by atoms with Crippen LogP contribution in [0.25, 0.3) is 0 Å². The Morgan fingerprint density at radius 3 is 2.78 bits per heavy atom. The van der Waals surface area contributed by atoms with Gasteiger partial charge in [0.25, 0.3) is 0 Å². The summed E-state index contributed by atoms with van der Waals surface area (Å²) in [6.45, 7) is 1.87. The number of aromatic carboxylic acids is 1. The van der Waals surface area contributed by atoms with Crippen molar-refractivity contribution in [1.29, 1.82) is 0 Å². The summed E-state index contributed by atoms with van der Waals surface area (Å²) in [6, 6.07) is 8.53. The van der Waals surface area contributed by atoms with Gasteiger partial charge in [-0.3, -0.25) is 9.59 Å². The number of carbonyl (C=O) groups is 3. The third-order valence-corrected chi connectivity index (χ3v) is 4.51. The van der Waals surface area contributed by atoms with Crippen LogP contribution < -0.4 is 15.0 Å². The fourth-order valence-electron chi connectivity index (χ4n) is 3.13. The predicted octanol–water partition coefficient (Wildman–Crippen LogP) is 1.96. The van der Waals surface area contributed by atoms with Crippen LogP contribution in [0.4, 0.5) is 5.69 Å². The Morgan fingerprint density at radius 2 is 2.11 bits per heavy atom. The number of nitrogens with zero attached hydrogens (tertiary/aromatic N) is 1. The minimum atomic E-state index is -1.08. The van der Waals surface area contributed by atoms with Gasteiger partial charge in [0, 0.05) is 13.0 Å². The first-order valence-corrected chi connectivity index (χ1v) is 8.44. The number of anilines is 1. The average Bonchev–Trinajstić information content (AvgIpc) is 3.22. The number of methoxy groups -OCH3 is 1. The Bertz CT molecular complexity index is 888. The highest BCUT2D eigenvalue weighted by Gasteiger charge is 2.36. The highest BCUT2D eigenvalue weighted by Crippen LogP contribution is 2.32. The SMILES string of the molecule is COc1ccccc1N1C[C@H](C(=O)NCc2cc(C(=O)O)c(C)o2)CC1=O. The second kappa shape index (κ2) is 7.53. The normalized spacial score (nSPS) is 16.4. The van der Waals surface area contributed by atoms with Gasteiger partial charge in [0.15, 0.2) is 0 Å². The Balaban J connectivity index is 1.64. The quantitative estimate of drug-likeness (QED) is 0.802. The lowest BCUT2D eigenvalue weighted by molar-refractivity contribution is -0.126. The zero-order valence-corrected chi connectivity index (χ0v) is 15.0. The summed E-state index contributed by atoms with van der Waals surface area (Å²) >= 11 is 0. The van der Waals surface area contributed by atoms with Gasteiger partial charge in [-0.1, -0.05) is 12.1 Å². The molecule has 2 N–H and O–H groups in total. The van der Waals surface area contributed by atoms with Crippen molar-refractivity contribution in [2.24, 2.45) is 5.92 Å². The van der Waals surface area contributed by atoms with E-state index in [0.717, 1.165) is 0 Å². The molecule has 0 saturated carbocycles. The van der Waals surface area contributed by atoms with E-state index in [4.69, 9.17) is 14.3 Å².